The van der Waals surface area contributed by atoms with Crippen molar-refractivity contribution in [1.29, 1.82) is 0 Å². The normalized spacial score (nSPS) is 11.3. The average molecular weight is 512 g/mol. The summed E-state index contributed by atoms with van der Waals surface area (Å²) < 4.78 is 17.6. The second-order valence-corrected chi connectivity index (χ2v) is 8.11. The van der Waals surface area contributed by atoms with Gasteiger partial charge in [-0.15, -0.1) is 0 Å². The minimum Gasteiger partial charge on any atom is -0.490 e. The van der Waals surface area contributed by atoms with E-state index < -0.39 is 22.1 Å². The summed E-state index contributed by atoms with van der Waals surface area (Å²) in [5.74, 6) is -0.594. The van der Waals surface area contributed by atoms with E-state index in [1.165, 1.54) is 18.3 Å². The second kappa shape index (κ2) is 9.97. The summed E-state index contributed by atoms with van der Waals surface area (Å²) in [4.78, 5) is 40.7. The highest BCUT2D eigenvalue weighted by molar-refractivity contribution is 5.86. The Morgan fingerprint density at radius 2 is 1.92 bits per heavy atom. The van der Waals surface area contributed by atoms with Gasteiger partial charge < -0.3 is 13.9 Å². The van der Waals surface area contributed by atoms with Gasteiger partial charge in [0.1, 0.15) is 5.58 Å². The number of nitro groups is 1. The Morgan fingerprint density at radius 1 is 1.16 bits per heavy atom. The van der Waals surface area contributed by atoms with Gasteiger partial charge in [0.15, 0.2) is 11.5 Å². The van der Waals surface area contributed by atoms with Crippen LogP contribution in [0.2, 0.25) is 0 Å². The number of furan rings is 1. The molecule has 190 valence electrons. The van der Waals surface area contributed by atoms with Crippen LogP contribution in [0.5, 0.6) is 11.5 Å². The third kappa shape index (κ3) is 4.60. The van der Waals surface area contributed by atoms with Crippen molar-refractivity contribution in [2.75, 3.05) is 6.61 Å². The molecule has 0 unspecified atom stereocenters. The van der Waals surface area contributed by atoms with Crippen LogP contribution < -0.4 is 15.0 Å². The number of hydrogen-bond acceptors (Lipinski definition) is 9. The fourth-order valence-corrected chi connectivity index (χ4v) is 3.93. The van der Waals surface area contributed by atoms with Crippen molar-refractivity contribution in [3.8, 4) is 23.1 Å². The molecule has 0 atom stereocenters. The molecule has 0 bridgehead atoms. The first-order valence-electron chi connectivity index (χ1n) is 11.5. The highest BCUT2D eigenvalue weighted by Crippen LogP contribution is 2.38. The summed E-state index contributed by atoms with van der Waals surface area (Å²) in [6.45, 7) is 2.98. The number of carbonyl (C=O) groups is 1. The molecule has 5 aromatic rings. The van der Waals surface area contributed by atoms with Gasteiger partial charge in [0, 0.05) is 23.9 Å². The Hall–Kier alpha value is -5.32. The number of nitro benzene ring substituents is 1. The number of nitrogens with zero attached hydrogens (tertiary/aromatic N) is 4. The van der Waals surface area contributed by atoms with E-state index in [9.17, 15) is 19.7 Å². The van der Waals surface area contributed by atoms with Crippen molar-refractivity contribution in [3.05, 3.63) is 92.8 Å². The van der Waals surface area contributed by atoms with Gasteiger partial charge in [0.25, 0.3) is 5.56 Å². The molecule has 5 rings (SSSR count). The van der Waals surface area contributed by atoms with Crippen LogP contribution in [0.1, 0.15) is 19.4 Å². The van der Waals surface area contributed by atoms with Gasteiger partial charge >= 0.3 is 11.7 Å². The largest absolute Gasteiger partial charge is 0.490 e. The predicted molar refractivity (Wildman–Crippen MR) is 140 cm³/mol. The summed E-state index contributed by atoms with van der Waals surface area (Å²) in [6.07, 6.45) is 1.26. The van der Waals surface area contributed by atoms with Crippen molar-refractivity contribution in [2.24, 2.45) is 5.10 Å². The lowest BCUT2D eigenvalue weighted by Gasteiger charge is -2.11. The van der Waals surface area contributed by atoms with Crippen molar-refractivity contribution >= 4 is 39.7 Å². The number of benzene rings is 3. The molecule has 2 aromatic heterocycles. The highest BCUT2D eigenvalue weighted by Gasteiger charge is 2.24. The highest BCUT2D eigenvalue weighted by atomic mass is 16.6. The van der Waals surface area contributed by atoms with Crippen LogP contribution in [-0.2, 0) is 4.79 Å². The number of carbonyl (C=O) groups excluding carboxylic acids is 1. The maximum absolute atomic E-state index is 13.5. The molecule has 2 heterocycles. The number of aromatic nitrogens is 2. The molecule has 11 heteroatoms. The standard InChI is InChI=1S/C27H20N4O7/c1-3-36-23-13-17(12-21(31(34)35)25(23)37-16(2)32)15-28-30-26(24-14-18-8-4-7-11-22(18)38-24)29-20-10-6-5-9-19(20)27(30)33/h4-15H,3H2,1-2H3. The molecule has 0 amide bonds. The first-order chi connectivity index (χ1) is 18.4. The Bertz CT molecular complexity index is 1770. The molecule has 0 aliphatic carbocycles. The Balaban J connectivity index is 1.69. The van der Waals surface area contributed by atoms with Crippen LogP contribution in [0.3, 0.4) is 0 Å². The molecule has 0 fully saturated rings. The fourth-order valence-electron chi connectivity index (χ4n) is 3.93. The van der Waals surface area contributed by atoms with Gasteiger partial charge in [-0.2, -0.15) is 9.78 Å². The topological polar surface area (TPSA) is 139 Å². The molecular formula is C27H20N4O7. The van der Waals surface area contributed by atoms with Crippen LogP contribution in [0, 0.1) is 10.1 Å². The smallest absolute Gasteiger partial charge is 0.316 e. The van der Waals surface area contributed by atoms with Crippen molar-refractivity contribution in [2.45, 2.75) is 13.8 Å². The van der Waals surface area contributed by atoms with Gasteiger partial charge in [-0.3, -0.25) is 19.7 Å². The Labute approximate surface area is 214 Å². The number of para-hydroxylation sites is 2. The zero-order valence-electron chi connectivity index (χ0n) is 20.3. The lowest BCUT2D eigenvalue weighted by molar-refractivity contribution is -0.385. The maximum atomic E-state index is 13.5. The molecule has 38 heavy (non-hydrogen) atoms. The quantitative estimate of drug-likeness (QED) is 0.0984. The number of ether oxygens (including phenoxy) is 2. The summed E-state index contributed by atoms with van der Waals surface area (Å²) in [5, 5.41) is 17.2. The number of esters is 1. The molecular weight excluding hydrogens is 492 g/mol. The molecule has 0 N–H and O–H groups in total. The van der Waals surface area contributed by atoms with E-state index in [-0.39, 0.29) is 29.5 Å². The predicted octanol–water partition coefficient (Wildman–Crippen LogP) is 4.92. The van der Waals surface area contributed by atoms with E-state index in [4.69, 9.17) is 13.9 Å². The number of fused-ring (bicyclic) bond motifs is 2. The molecule has 0 saturated heterocycles. The van der Waals surface area contributed by atoms with Gasteiger partial charge in [-0.25, -0.2) is 4.98 Å². The molecule has 0 aliphatic rings. The number of rotatable bonds is 7. The summed E-state index contributed by atoms with van der Waals surface area (Å²) in [6, 6.07) is 18.5. The Kier molecular flexibility index (Phi) is 6.40. The van der Waals surface area contributed by atoms with Crippen LogP contribution in [0.4, 0.5) is 5.69 Å². The van der Waals surface area contributed by atoms with Crippen molar-refractivity contribution < 1.29 is 23.6 Å². The molecule has 0 aliphatic heterocycles. The molecule has 0 saturated carbocycles. The van der Waals surface area contributed by atoms with Crippen molar-refractivity contribution in [1.82, 2.24) is 9.66 Å². The molecule has 11 nitrogen and oxygen atoms in total. The summed E-state index contributed by atoms with van der Waals surface area (Å²) in [7, 11) is 0. The summed E-state index contributed by atoms with van der Waals surface area (Å²) in [5.41, 5.74) is 0.344. The van der Waals surface area contributed by atoms with E-state index in [0.717, 1.165) is 17.0 Å². The zero-order valence-corrected chi connectivity index (χ0v) is 20.3. The SMILES string of the molecule is CCOc1cc(C=Nn2c(-c3cc4ccccc4o3)nc3ccccc3c2=O)cc([N+](=O)[O-])c1OC(C)=O. The van der Waals surface area contributed by atoms with Gasteiger partial charge in [-0.05, 0) is 37.3 Å². The summed E-state index contributed by atoms with van der Waals surface area (Å²) >= 11 is 0. The van der Waals surface area contributed by atoms with Crippen LogP contribution in [0.15, 0.2) is 81.0 Å². The first-order valence-corrected chi connectivity index (χ1v) is 11.5. The van der Waals surface area contributed by atoms with Crippen molar-refractivity contribution in [3.63, 3.8) is 0 Å². The first kappa shape index (κ1) is 24.4. The average Bonchev–Trinajstić information content (AvgIpc) is 3.33. The number of hydrogen-bond donors (Lipinski definition) is 0. The lowest BCUT2D eigenvalue weighted by atomic mass is 10.2. The van der Waals surface area contributed by atoms with E-state index in [0.29, 0.717) is 22.2 Å². The van der Waals surface area contributed by atoms with E-state index in [1.54, 1.807) is 43.3 Å². The minimum absolute atomic E-state index is 0.0140. The van der Waals surface area contributed by atoms with E-state index in [2.05, 4.69) is 10.1 Å². The van der Waals surface area contributed by atoms with Gasteiger partial charge in [0.05, 0.1) is 28.6 Å². The Morgan fingerprint density at radius 3 is 2.66 bits per heavy atom. The molecule has 0 radical (unpaired) electrons. The van der Waals surface area contributed by atoms with Gasteiger partial charge in [0.2, 0.25) is 11.6 Å². The third-order valence-electron chi connectivity index (χ3n) is 5.52. The van der Waals surface area contributed by atoms with Crippen LogP contribution in [-0.4, -0.2) is 33.4 Å². The van der Waals surface area contributed by atoms with Crippen LogP contribution >= 0.6 is 0 Å². The molecule has 3 aromatic carbocycles. The zero-order chi connectivity index (χ0) is 26.8. The molecule has 0 spiro atoms. The van der Waals surface area contributed by atoms with Crippen LogP contribution in [0.25, 0.3) is 33.5 Å². The second-order valence-electron chi connectivity index (χ2n) is 8.11. The lowest BCUT2D eigenvalue weighted by Crippen LogP contribution is -2.20. The van der Waals surface area contributed by atoms with E-state index >= 15 is 0 Å². The van der Waals surface area contributed by atoms with Gasteiger partial charge in [-0.1, -0.05) is 30.3 Å². The monoisotopic (exact) mass is 512 g/mol. The van der Waals surface area contributed by atoms with E-state index in [1.807, 2.05) is 18.2 Å². The fraction of sp³-hybridized carbons (Fsp3) is 0.111. The maximum Gasteiger partial charge on any atom is 0.316 e. The third-order valence-corrected chi connectivity index (χ3v) is 5.52. The minimum atomic E-state index is -0.736.